The molecular weight excluding hydrogens is 257 g/mol. The first kappa shape index (κ1) is 14.6. The van der Waals surface area contributed by atoms with Crippen molar-refractivity contribution in [3.05, 3.63) is 53.2 Å². The number of rotatable bonds is 6. The van der Waals surface area contributed by atoms with Crippen molar-refractivity contribution in [2.45, 2.75) is 26.3 Å². The summed E-state index contributed by atoms with van der Waals surface area (Å²) in [6.07, 6.45) is 2.43. The minimum absolute atomic E-state index is 0.209. The summed E-state index contributed by atoms with van der Waals surface area (Å²) in [5.74, 6) is 1.12. The van der Waals surface area contributed by atoms with Crippen LogP contribution in [0.2, 0.25) is 0 Å². The zero-order chi connectivity index (χ0) is 14.5. The number of aryl methyl sites for hydroxylation is 1. The monoisotopic (exact) mass is 277 g/mol. The van der Waals surface area contributed by atoms with Gasteiger partial charge in [-0.3, -0.25) is 0 Å². The first-order valence-corrected chi connectivity index (χ1v) is 6.84. The molecule has 1 aromatic carbocycles. The molecule has 1 heterocycles. The first-order valence-electron chi connectivity index (χ1n) is 6.84. The fraction of sp³-hybridized carbons (Fsp3) is 0.375. The van der Waals surface area contributed by atoms with Crippen LogP contribution in [-0.2, 0) is 6.42 Å². The summed E-state index contributed by atoms with van der Waals surface area (Å²) >= 11 is 0. The second kappa shape index (κ2) is 6.57. The molecule has 0 aliphatic heterocycles. The van der Waals surface area contributed by atoms with Crippen molar-refractivity contribution in [1.82, 2.24) is 5.32 Å². The van der Waals surface area contributed by atoms with E-state index in [-0.39, 0.29) is 11.9 Å². The molecule has 4 heteroatoms. The van der Waals surface area contributed by atoms with E-state index < -0.39 is 0 Å². The van der Waals surface area contributed by atoms with Gasteiger partial charge in [0.1, 0.15) is 17.3 Å². The lowest BCUT2D eigenvalue weighted by Gasteiger charge is -2.19. The lowest BCUT2D eigenvalue weighted by molar-refractivity contribution is 0.410. The summed E-state index contributed by atoms with van der Waals surface area (Å²) in [7, 11) is 1.53. The Labute approximate surface area is 118 Å². The molecule has 0 radical (unpaired) electrons. The van der Waals surface area contributed by atoms with Gasteiger partial charge in [0.05, 0.1) is 19.4 Å². The molecule has 0 saturated heterocycles. The summed E-state index contributed by atoms with van der Waals surface area (Å²) in [5, 5.41) is 3.31. The fourth-order valence-corrected chi connectivity index (χ4v) is 2.36. The standard InChI is InChI=1S/C16H20FNO2/c1-4-15-13(8-9-20-15)16(18-5-2)12-7-6-11(19-3)10-14(12)17/h6-10,16,18H,4-5H2,1-3H3. The van der Waals surface area contributed by atoms with E-state index in [0.29, 0.717) is 11.3 Å². The molecule has 108 valence electrons. The molecule has 1 aromatic heterocycles. The Balaban J connectivity index is 2.43. The number of ether oxygens (including phenoxy) is 1. The fourth-order valence-electron chi connectivity index (χ4n) is 2.36. The van der Waals surface area contributed by atoms with Crippen molar-refractivity contribution < 1.29 is 13.5 Å². The minimum atomic E-state index is -0.279. The number of methoxy groups -OCH3 is 1. The second-order valence-electron chi connectivity index (χ2n) is 4.53. The zero-order valence-corrected chi connectivity index (χ0v) is 12.1. The van der Waals surface area contributed by atoms with E-state index in [9.17, 15) is 4.39 Å². The third-order valence-electron chi connectivity index (χ3n) is 3.34. The van der Waals surface area contributed by atoms with Crippen molar-refractivity contribution in [3.63, 3.8) is 0 Å². The van der Waals surface area contributed by atoms with Crippen molar-refractivity contribution in [1.29, 1.82) is 0 Å². The number of benzene rings is 1. The summed E-state index contributed by atoms with van der Waals surface area (Å²) in [4.78, 5) is 0. The molecule has 3 nitrogen and oxygen atoms in total. The van der Waals surface area contributed by atoms with Gasteiger partial charge in [-0.05, 0) is 18.7 Å². The maximum atomic E-state index is 14.3. The molecule has 0 aliphatic rings. The van der Waals surface area contributed by atoms with E-state index in [2.05, 4.69) is 5.32 Å². The summed E-state index contributed by atoms with van der Waals surface area (Å²) in [6.45, 7) is 4.76. The Bertz CT molecular complexity index is 565. The lowest BCUT2D eigenvalue weighted by atomic mass is 9.97. The largest absolute Gasteiger partial charge is 0.497 e. The summed E-state index contributed by atoms with van der Waals surface area (Å²) in [5.41, 5.74) is 1.59. The van der Waals surface area contributed by atoms with Gasteiger partial charge in [-0.2, -0.15) is 0 Å². The van der Waals surface area contributed by atoms with Crippen LogP contribution in [0.25, 0.3) is 0 Å². The van der Waals surface area contributed by atoms with Gasteiger partial charge in [-0.1, -0.05) is 19.9 Å². The summed E-state index contributed by atoms with van der Waals surface area (Å²) < 4.78 is 24.8. The Morgan fingerprint density at radius 1 is 1.25 bits per heavy atom. The van der Waals surface area contributed by atoms with Gasteiger partial charge in [-0.25, -0.2) is 4.39 Å². The molecule has 20 heavy (non-hydrogen) atoms. The van der Waals surface area contributed by atoms with E-state index in [1.165, 1.54) is 13.2 Å². The molecule has 1 unspecified atom stereocenters. The molecule has 1 N–H and O–H groups in total. The molecule has 1 atom stereocenters. The van der Waals surface area contributed by atoms with Gasteiger partial charge >= 0.3 is 0 Å². The lowest BCUT2D eigenvalue weighted by Crippen LogP contribution is -2.23. The number of halogens is 1. The predicted octanol–water partition coefficient (Wildman–Crippen LogP) is 3.69. The van der Waals surface area contributed by atoms with Crippen LogP contribution >= 0.6 is 0 Å². The maximum absolute atomic E-state index is 14.3. The first-order chi connectivity index (χ1) is 9.71. The smallest absolute Gasteiger partial charge is 0.132 e. The molecular formula is C16H20FNO2. The van der Waals surface area contributed by atoms with Gasteiger partial charge in [0, 0.05) is 23.6 Å². The Hall–Kier alpha value is -1.81. The van der Waals surface area contributed by atoms with Crippen LogP contribution in [0.1, 0.15) is 36.8 Å². The van der Waals surface area contributed by atoms with Crippen molar-refractivity contribution in [3.8, 4) is 5.75 Å². The quantitative estimate of drug-likeness (QED) is 0.874. The number of hydrogen-bond donors (Lipinski definition) is 1. The minimum Gasteiger partial charge on any atom is -0.497 e. The van der Waals surface area contributed by atoms with E-state index in [1.807, 2.05) is 19.9 Å². The molecule has 0 aliphatic carbocycles. The van der Waals surface area contributed by atoms with Crippen molar-refractivity contribution in [2.24, 2.45) is 0 Å². The molecule has 2 rings (SSSR count). The average molecular weight is 277 g/mol. The number of hydrogen-bond acceptors (Lipinski definition) is 3. The van der Waals surface area contributed by atoms with E-state index >= 15 is 0 Å². The second-order valence-corrected chi connectivity index (χ2v) is 4.53. The SMILES string of the molecule is CCNC(c1ccc(OC)cc1F)c1ccoc1CC. The van der Waals surface area contributed by atoms with Crippen LogP contribution in [0.3, 0.4) is 0 Å². The van der Waals surface area contributed by atoms with Crippen molar-refractivity contribution in [2.75, 3.05) is 13.7 Å². The normalized spacial score (nSPS) is 12.4. The molecule has 0 bridgehead atoms. The van der Waals surface area contributed by atoms with Gasteiger partial charge in [-0.15, -0.1) is 0 Å². The van der Waals surface area contributed by atoms with Crippen LogP contribution in [-0.4, -0.2) is 13.7 Å². The van der Waals surface area contributed by atoms with Crippen LogP contribution in [0.15, 0.2) is 34.9 Å². The highest BCUT2D eigenvalue weighted by Gasteiger charge is 2.21. The maximum Gasteiger partial charge on any atom is 0.132 e. The molecule has 2 aromatic rings. The highest BCUT2D eigenvalue weighted by atomic mass is 19.1. The Morgan fingerprint density at radius 2 is 2.05 bits per heavy atom. The average Bonchev–Trinajstić information content (AvgIpc) is 2.93. The van der Waals surface area contributed by atoms with Crippen LogP contribution < -0.4 is 10.1 Å². The summed E-state index contributed by atoms with van der Waals surface area (Å²) in [6, 6.07) is 6.63. The topological polar surface area (TPSA) is 34.4 Å². The van der Waals surface area contributed by atoms with Gasteiger partial charge in [0.2, 0.25) is 0 Å². The van der Waals surface area contributed by atoms with E-state index in [0.717, 1.165) is 24.3 Å². The molecule has 0 amide bonds. The van der Waals surface area contributed by atoms with Crippen LogP contribution in [0.4, 0.5) is 4.39 Å². The van der Waals surface area contributed by atoms with Gasteiger partial charge in [0.15, 0.2) is 0 Å². The Kier molecular flexibility index (Phi) is 4.79. The number of furan rings is 1. The van der Waals surface area contributed by atoms with Crippen LogP contribution in [0, 0.1) is 5.82 Å². The van der Waals surface area contributed by atoms with E-state index in [1.54, 1.807) is 18.4 Å². The molecule has 0 saturated carbocycles. The van der Waals surface area contributed by atoms with Gasteiger partial charge in [0.25, 0.3) is 0 Å². The zero-order valence-electron chi connectivity index (χ0n) is 12.1. The third-order valence-corrected chi connectivity index (χ3v) is 3.34. The molecule has 0 spiro atoms. The Morgan fingerprint density at radius 3 is 2.65 bits per heavy atom. The van der Waals surface area contributed by atoms with Crippen molar-refractivity contribution >= 4 is 0 Å². The third kappa shape index (κ3) is 2.85. The predicted molar refractivity (Wildman–Crippen MR) is 76.6 cm³/mol. The van der Waals surface area contributed by atoms with Crippen LogP contribution in [0.5, 0.6) is 5.75 Å². The highest BCUT2D eigenvalue weighted by Crippen LogP contribution is 2.30. The number of nitrogens with one attached hydrogen (secondary N) is 1. The highest BCUT2D eigenvalue weighted by molar-refractivity contribution is 5.37. The van der Waals surface area contributed by atoms with Gasteiger partial charge < -0.3 is 14.5 Å². The molecule has 0 fully saturated rings. The van der Waals surface area contributed by atoms with E-state index in [4.69, 9.17) is 9.15 Å².